The molecule has 1 aliphatic rings. The number of amides is 1. The van der Waals surface area contributed by atoms with Crippen molar-refractivity contribution >= 4 is 29.7 Å². The van der Waals surface area contributed by atoms with E-state index in [-0.39, 0.29) is 24.2 Å². The van der Waals surface area contributed by atoms with Gasteiger partial charge < -0.3 is 21.1 Å². The second-order valence-corrected chi connectivity index (χ2v) is 6.65. The smallest absolute Gasteiger partial charge is 0.379 e. The molecule has 5 nitrogen and oxygen atoms in total. The van der Waals surface area contributed by atoms with Crippen LogP contribution in [0.3, 0.4) is 0 Å². The summed E-state index contributed by atoms with van der Waals surface area (Å²) >= 11 is 0. The van der Waals surface area contributed by atoms with E-state index in [0.717, 1.165) is 17.7 Å². The Labute approximate surface area is 173 Å². The Balaban J connectivity index is 0.00000300. The molecule has 0 spiro atoms. The van der Waals surface area contributed by atoms with Gasteiger partial charge in [-0.2, -0.15) is 13.2 Å². The first-order valence-electron chi connectivity index (χ1n) is 9.02. The minimum Gasteiger partial charge on any atom is -0.379 e. The van der Waals surface area contributed by atoms with Crippen LogP contribution in [0.5, 0.6) is 0 Å². The highest BCUT2D eigenvalue weighted by Gasteiger charge is 2.33. The largest absolute Gasteiger partial charge is 0.416 e. The average Bonchev–Trinajstić information content (AvgIpc) is 3.16. The maximum absolute atomic E-state index is 13.1. The van der Waals surface area contributed by atoms with Crippen LogP contribution in [0.2, 0.25) is 0 Å². The standard InChI is InChI=1S/C20H22F3N3O2.ClH/c21-20(22,23)14-6-8-16(25-12-13-4-2-1-3-5-13)17(10-14)26-19(27)18-9-7-15(11-24)28-18;/h1-6,8,10,15,18,25H,7,9,11-12,24H2,(H,26,27);1H/t15-,18+;/m1./s1. The Hall–Kier alpha value is -2.29. The van der Waals surface area contributed by atoms with Crippen molar-refractivity contribution in [2.24, 2.45) is 5.73 Å². The van der Waals surface area contributed by atoms with Gasteiger partial charge in [0.1, 0.15) is 6.10 Å². The van der Waals surface area contributed by atoms with E-state index in [1.54, 1.807) is 0 Å². The molecule has 1 heterocycles. The number of hydrogen-bond acceptors (Lipinski definition) is 4. The van der Waals surface area contributed by atoms with E-state index in [4.69, 9.17) is 10.5 Å². The monoisotopic (exact) mass is 429 g/mol. The number of rotatable bonds is 6. The van der Waals surface area contributed by atoms with Gasteiger partial charge in [0.05, 0.1) is 23.0 Å². The van der Waals surface area contributed by atoms with E-state index in [9.17, 15) is 18.0 Å². The Bertz CT molecular complexity index is 818. The molecule has 0 aromatic heterocycles. The maximum Gasteiger partial charge on any atom is 0.416 e. The van der Waals surface area contributed by atoms with Crippen LogP contribution in [0.25, 0.3) is 0 Å². The van der Waals surface area contributed by atoms with Crippen molar-refractivity contribution in [2.45, 2.75) is 37.8 Å². The van der Waals surface area contributed by atoms with Crippen LogP contribution < -0.4 is 16.4 Å². The molecule has 29 heavy (non-hydrogen) atoms. The van der Waals surface area contributed by atoms with Crippen LogP contribution >= 0.6 is 12.4 Å². The first-order chi connectivity index (χ1) is 13.4. The summed E-state index contributed by atoms with van der Waals surface area (Å²) in [6, 6.07) is 12.7. The summed E-state index contributed by atoms with van der Waals surface area (Å²) in [7, 11) is 0. The number of halogens is 4. The molecule has 1 amide bonds. The fraction of sp³-hybridized carbons (Fsp3) is 0.350. The number of carbonyl (C=O) groups excluding carboxylic acids is 1. The summed E-state index contributed by atoms with van der Waals surface area (Å²) < 4.78 is 44.9. The molecule has 9 heteroatoms. The third-order valence-corrected chi connectivity index (χ3v) is 4.59. The molecule has 2 aromatic carbocycles. The van der Waals surface area contributed by atoms with Crippen molar-refractivity contribution in [3.8, 4) is 0 Å². The van der Waals surface area contributed by atoms with Gasteiger partial charge in [-0.3, -0.25) is 4.79 Å². The Morgan fingerprint density at radius 3 is 2.45 bits per heavy atom. The van der Waals surface area contributed by atoms with Gasteiger partial charge in [0.15, 0.2) is 0 Å². The van der Waals surface area contributed by atoms with E-state index in [2.05, 4.69) is 10.6 Å². The number of hydrogen-bond donors (Lipinski definition) is 3. The fourth-order valence-corrected chi connectivity index (χ4v) is 3.06. The third kappa shape index (κ3) is 6.09. The van der Waals surface area contributed by atoms with Gasteiger partial charge in [-0.15, -0.1) is 12.4 Å². The van der Waals surface area contributed by atoms with Gasteiger partial charge in [-0.25, -0.2) is 0 Å². The van der Waals surface area contributed by atoms with E-state index in [1.165, 1.54) is 6.07 Å². The third-order valence-electron chi connectivity index (χ3n) is 4.59. The number of alkyl halides is 3. The van der Waals surface area contributed by atoms with E-state index in [1.807, 2.05) is 30.3 Å². The molecule has 4 N–H and O–H groups in total. The number of nitrogens with two attached hydrogens (primary N) is 1. The molecular weight excluding hydrogens is 407 g/mol. The highest BCUT2D eigenvalue weighted by atomic mass is 35.5. The zero-order valence-electron chi connectivity index (χ0n) is 15.5. The molecule has 0 radical (unpaired) electrons. The minimum absolute atomic E-state index is 0. The molecule has 1 fully saturated rings. The second-order valence-electron chi connectivity index (χ2n) is 6.65. The molecule has 1 saturated heterocycles. The number of benzene rings is 2. The molecule has 0 bridgehead atoms. The van der Waals surface area contributed by atoms with E-state index >= 15 is 0 Å². The predicted octanol–water partition coefficient (Wildman–Crippen LogP) is 4.18. The van der Waals surface area contributed by atoms with Crippen LogP contribution in [-0.4, -0.2) is 24.7 Å². The fourth-order valence-electron chi connectivity index (χ4n) is 3.06. The van der Waals surface area contributed by atoms with E-state index < -0.39 is 23.8 Å². The van der Waals surface area contributed by atoms with Gasteiger partial charge in [0.25, 0.3) is 5.91 Å². The molecule has 2 aromatic rings. The lowest BCUT2D eigenvalue weighted by molar-refractivity contribution is -0.137. The zero-order valence-corrected chi connectivity index (χ0v) is 16.4. The van der Waals surface area contributed by atoms with Gasteiger partial charge >= 0.3 is 6.18 Å². The van der Waals surface area contributed by atoms with Crippen LogP contribution in [0.4, 0.5) is 24.5 Å². The molecule has 158 valence electrons. The van der Waals surface area contributed by atoms with Gasteiger partial charge in [-0.1, -0.05) is 30.3 Å². The maximum atomic E-state index is 13.1. The number of nitrogens with one attached hydrogen (secondary N) is 2. The zero-order chi connectivity index (χ0) is 20.1. The lowest BCUT2D eigenvalue weighted by atomic mass is 10.1. The summed E-state index contributed by atoms with van der Waals surface area (Å²) in [4.78, 5) is 12.5. The highest BCUT2D eigenvalue weighted by Crippen LogP contribution is 2.34. The SMILES string of the molecule is Cl.NC[C@H]1CC[C@@H](C(=O)Nc2cc(C(F)(F)F)ccc2NCc2ccccc2)O1. The minimum atomic E-state index is -4.51. The Kier molecular flexibility index (Phi) is 7.89. The van der Waals surface area contributed by atoms with Crippen molar-refractivity contribution in [1.82, 2.24) is 0 Å². The van der Waals surface area contributed by atoms with Crippen molar-refractivity contribution < 1.29 is 22.7 Å². The Morgan fingerprint density at radius 2 is 1.83 bits per heavy atom. The average molecular weight is 430 g/mol. The van der Waals surface area contributed by atoms with Crippen molar-refractivity contribution in [1.29, 1.82) is 0 Å². The highest BCUT2D eigenvalue weighted by molar-refractivity contribution is 5.97. The van der Waals surface area contributed by atoms with Crippen molar-refractivity contribution in [3.63, 3.8) is 0 Å². The predicted molar refractivity (Wildman–Crippen MR) is 108 cm³/mol. The topological polar surface area (TPSA) is 76.4 Å². The summed E-state index contributed by atoms with van der Waals surface area (Å²) in [6.45, 7) is 0.710. The van der Waals surface area contributed by atoms with Crippen molar-refractivity contribution in [3.05, 3.63) is 59.7 Å². The van der Waals surface area contributed by atoms with Crippen LogP contribution in [0, 0.1) is 0 Å². The van der Waals surface area contributed by atoms with Crippen LogP contribution in [0.15, 0.2) is 48.5 Å². The second kappa shape index (κ2) is 9.96. The van der Waals surface area contributed by atoms with Gasteiger partial charge in [0.2, 0.25) is 0 Å². The molecule has 2 atom stereocenters. The Morgan fingerprint density at radius 1 is 1.10 bits per heavy atom. The van der Waals surface area contributed by atoms with Gasteiger partial charge in [-0.05, 0) is 36.6 Å². The summed E-state index contributed by atoms with van der Waals surface area (Å²) in [5, 5.41) is 5.66. The van der Waals surface area contributed by atoms with Gasteiger partial charge in [0, 0.05) is 13.1 Å². The lowest BCUT2D eigenvalue weighted by Crippen LogP contribution is -2.30. The number of ether oxygens (including phenoxy) is 1. The number of anilines is 2. The van der Waals surface area contributed by atoms with Crippen LogP contribution in [0.1, 0.15) is 24.0 Å². The van der Waals surface area contributed by atoms with Crippen LogP contribution in [-0.2, 0) is 22.3 Å². The summed E-state index contributed by atoms with van der Waals surface area (Å²) in [5.41, 5.74) is 6.14. The molecule has 3 rings (SSSR count). The summed E-state index contributed by atoms with van der Waals surface area (Å²) in [5.74, 6) is -0.474. The molecule has 0 unspecified atom stereocenters. The molecule has 0 aliphatic carbocycles. The first kappa shape index (κ1) is 23.0. The lowest BCUT2D eigenvalue weighted by Gasteiger charge is -2.18. The molecular formula is C20H23ClF3N3O2. The molecule has 0 saturated carbocycles. The first-order valence-corrected chi connectivity index (χ1v) is 9.02. The van der Waals surface area contributed by atoms with Crippen molar-refractivity contribution in [2.75, 3.05) is 17.2 Å². The quantitative estimate of drug-likeness (QED) is 0.643. The molecule has 1 aliphatic heterocycles. The summed E-state index contributed by atoms with van der Waals surface area (Å²) in [6.07, 6.45) is -4.29. The normalized spacial score (nSPS) is 18.8. The number of carbonyl (C=O) groups is 1. The van der Waals surface area contributed by atoms with E-state index in [0.29, 0.717) is 31.6 Å².